The maximum Gasteiger partial charge on any atom is 0.261 e. The van der Waals surface area contributed by atoms with Crippen molar-refractivity contribution in [3.8, 4) is 11.5 Å². The van der Waals surface area contributed by atoms with Crippen LogP contribution in [0.1, 0.15) is 41.3 Å². The van der Waals surface area contributed by atoms with Gasteiger partial charge in [-0.25, -0.2) is 8.42 Å². The Bertz CT molecular complexity index is 1230. The van der Waals surface area contributed by atoms with Crippen LogP contribution in [-0.4, -0.2) is 14.3 Å². The van der Waals surface area contributed by atoms with Gasteiger partial charge in [-0.05, 0) is 66.4 Å². The van der Waals surface area contributed by atoms with Crippen molar-refractivity contribution in [3.63, 3.8) is 0 Å². The maximum absolute atomic E-state index is 12.8. The summed E-state index contributed by atoms with van der Waals surface area (Å²) >= 11 is 0. The lowest BCUT2D eigenvalue weighted by Gasteiger charge is -2.12. The lowest BCUT2D eigenvalue weighted by atomic mass is 10.0. The second-order valence-electron chi connectivity index (χ2n) is 7.60. The van der Waals surface area contributed by atoms with E-state index in [0.29, 0.717) is 23.1 Å². The summed E-state index contributed by atoms with van der Waals surface area (Å²) < 4.78 is 34.0. The standard InChI is InChI=1S/C23H22N2O4S/c1-14(2)16-5-8-18(9-6-16)30(27,28)25-17-7-11-21-19(13-17)23(26)24-20-12-15(3)4-10-22(20)29-21/h4-14,25H,1-3H3,(H,24,26). The van der Waals surface area contributed by atoms with Crippen LogP contribution in [0.4, 0.5) is 11.4 Å². The molecule has 154 valence electrons. The van der Waals surface area contributed by atoms with Gasteiger partial charge in [0.2, 0.25) is 0 Å². The molecular formula is C23H22N2O4S. The quantitative estimate of drug-likeness (QED) is 0.599. The van der Waals surface area contributed by atoms with Gasteiger partial charge in [0.1, 0.15) is 5.75 Å². The van der Waals surface area contributed by atoms with Crippen molar-refractivity contribution < 1.29 is 17.9 Å². The lowest BCUT2D eigenvalue weighted by molar-refractivity contribution is 0.102. The smallest absolute Gasteiger partial charge is 0.261 e. The van der Waals surface area contributed by atoms with Crippen molar-refractivity contribution >= 4 is 27.3 Å². The van der Waals surface area contributed by atoms with E-state index in [1.165, 1.54) is 6.07 Å². The Hall–Kier alpha value is -3.32. The summed E-state index contributed by atoms with van der Waals surface area (Å²) in [6.07, 6.45) is 0. The molecule has 3 aromatic carbocycles. The minimum absolute atomic E-state index is 0.158. The number of nitrogens with one attached hydrogen (secondary N) is 2. The highest BCUT2D eigenvalue weighted by atomic mass is 32.2. The van der Waals surface area contributed by atoms with Crippen LogP contribution >= 0.6 is 0 Å². The number of carbonyl (C=O) groups excluding carboxylic acids is 1. The maximum atomic E-state index is 12.8. The summed E-state index contributed by atoms with van der Waals surface area (Å²) in [5, 5.41) is 2.82. The van der Waals surface area contributed by atoms with Crippen LogP contribution in [0.25, 0.3) is 0 Å². The molecule has 0 atom stereocenters. The van der Waals surface area contributed by atoms with Gasteiger partial charge in [-0.2, -0.15) is 0 Å². The Balaban J connectivity index is 1.62. The topological polar surface area (TPSA) is 84.5 Å². The van der Waals surface area contributed by atoms with Crippen LogP contribution < -0.4 is 14.8 Å². The lowest BCUT2D eigenvalue weighted by Crippen LogP contribution is -2.15. The fourth-order valence-corrected chi connectivity index (χ4v) is 4.29. The van der Waals surface area contributed by atoms with Crippen molar-refractivity contribution in [1.82, 2.24) is 0 Å². The number of ether oxygens (including phenoxy) is 1. The first-order valence-corrected chi connectivity index (χ1v) is 11.1. The average molecular weight is 423 g/mol. The molecule has 1 heterocycles. The summed E-state index contributed by atoms with van der Waals surface area (Å²) in [6, 6.07) is 16.9. The van der Waals surface area contributed by atoms with Crippen molar-refractivity contribution in [2.75, 3.05) is 10.0 Å². The van der Waals surface area contributed by atoms with Crippen LogP contribution in [0.5, 0.6) is 11.5 Å². The van der Waals surface area contributed by atoms with E-state index in [-0.39, 0.29) is 22.1 Å². The van der Waals surface area contributed by atoms with E-state index in [1.54, 1.807) is 42.5 Å². The van der Waals surface area contributed by atoms with Crippen molar-refractivity contribution in [3.05, 3.63) is 77.4 Å². The zero-order chi connectivity index (χ0) is 21.5. The first-order valence-electron chi connectivity index (χ1n) is 9.59. The molecule has 0 bridgehead atoms. The van der Waals surface area contributed by atoms with E-state index in [9.17, 15) is 13.2 Å². The molecule has 7 heteroatoms. The second kappa shape index (κ2) is 7.50. The second-order valence-corrected chi connectivity index (χ2v) is 9.28. The molecule has 1 aliphatic rings. The fourth-order valence-electron chi connectivity index (χ4n) is 3.24. The molecule has 0 unspecified atom stereocenters. The molecular weight excluding hydrogens is 400 g/mol. The predicted molar refractivity (Wildman–Crippen MR) is 117 cm³/mol. The Kier molecular flexibility index (Phi) is 4.99. The van der Waals surface area contributed by atoms with E-state index < -0.39 is 10.0 Å². The summed E-state index contributed by atoms with van der Waals surface area (Å²) in [5.41, 5.74) is 3.15. The molecule has 30 heavy (non-hydrogen) atoms. The number of fused-ring (bicyclic) bond motifs is 2. The molecule has 0 spiro atoms. The van der Waals surface area contributed by atoms with E-state index in [1.807, 2.05) is 32.9 Å². The SMILES string of the molecule is Cc1ccc2c(c1)NC(=O)c1cc(NS(=O)(=O)c3ccc(C(C)C)cc3)ccc1O2. The highest BCUT2D eigenvalue weighted by molar-refractivity contribution is 7.92. The number of amides is 1. The van der Waals surface area contributed by atoms with Crippen molar-refractivity contribution in [2.24, 2.45) is 0 Å². The van der Waals surface area contributed by atoms with Crippen LogP contribution in [-0.2, 0) is 10.0 Å². The molecule has 4 rings (SSSR count). The molecule has 2 N–H and O–H groups in total. The first kappa shape index (κ1) is 20.0. The molecule has 0 saturated heterocycles. The average Bonchev–Trinajstić information content (AvgIpc) is 2.83. The molecule has 3 aromatic rings. The third-order valence-electron chi connectivity index (χ3n) is 4.94. The third kappa shape index (κ3) is 3.89. The van der Waals surface area contributed by atoms with Gasteiger partial charge in [0.05, 0.1) is 16.1 Å². The predicted octanol–water partition coefficient (Wildman–Crippen LogP) is 5.28. The highest BCUT2D eigenvalue weighted by Gasteiger charge is 2.23. The van der Waals surface area contributed by atoms with Gasteiger partial charge >= 0.3 is 0 Å². The summed E-state index contributed by atoms with van der Waals surface area (Å²) in [7, 11) is -3.79. The Morgan fingerprint density at radius 2 is 1.63 bits per heavy atom. The fraction of sp³-hybridized carbons (Fsp3) is 0.174. The zero-order valence-corrected chi connectivity index (χ0v) is 17.7. The monoisotopic (exact) mass is 422 g/mol. The van der Waals surface area contributed by atoms with Gasteiger partial charge in [-0.15, -0.1) is 0 Å². The van der Waals surface area contributed by atoms with Gasteiger partial charge in [0.25, 0.3) is 15.9 Å². The van der Waals surface area contributed by atoms with Crippen LogP contribution in [0.15, 0.2) is 65.6 Å². The Morgan fingerprint density at radius 3 is 2.33 bits per heavy atom. The van der Waals surface area contributed by atoms with E-state index in [0.717, 1.165) is 11.1 Å². The number of aryl methyl sites for hydroxylation is 1. The molecule has 0 saturated carbocycles. The minimum Gasteiger partial charge on any atom is -0.454 e. The first-order chi connectivity index (χ1) is 14.2. The van der Waals surface area contributed by atoms with Gasteiger partial charge in [-0.3, -0.25) is 9.52 Å². The highest BCUT2D eigenvalue weighted by Crippen LogP contribution is 2.37. The van der Waals surface area contributed by atoms with Crippen LogP contribution in [0.3, 0.4) is 0 Å². The van der Waals surface area contributed by atoms with Crippen molar-refractivity contribution in [2.45, 2.75) is 31.6 Å². The number of hydrogen-bond acceptors (Lipinski definition) is 4. The molecule has 1 aliphatic heterocycles. The van der Waals surface area contributed by atoms with E-state index >= 15 is 0 Å². The van der Waals surface area contributed by atoms with Gasteiger partial charge in [0.15, 0.2) is 5.75 Å². The van der Waals surface area contributed by atoms with Gasteiger partial charge in [-0.1, -0.05) is 32.0 Å². The molecule has 0 fully saturated rings. The summed E-state index contributed by atoms with van der Waals surface area (Å²) in [5.74, 6) is 0.841. The minimum atomic E-state index is -3.79. The van der Waals surface area contributed by atoms with E-state index in [4.69, 9.17) is 4.74 Å². The molecule has 0 aliphatic carbocycles. The van der Waals surface area contributed by atoms with E-state index in [2.05, 4.69) is 10.0 Å². The number of anilines is 2. The molecule has 0 radical (unpaired) electrons. The van der Waals surface area contributed by atoms with Gasteiger partial charge < -0.3 is 10.1 Å². The van der Waals surface area contributed by atoms with Crippen molar-refractivity contribution in [1.29, 1.82) is 0 Å². The number of sulfonamides is 1. The number of hydrogen-bond donors (Lipinski definition) is 2. The molecule has 6 nitrogen and oxygen atoms in total. The Morgan fingerprint density at radius 1 is 0.933 bits per heavy atom. The summed E-state index contributed by atoms with van der Waals surface area (Å²) in [6.45, 7) is 6.01. The van der Waals surface area contributed by atoms with Crippen LogP contribution in [0, 0.1) is 6.92 Å². The Labute approximate surface area is 176 Å². The molecule has 0 aromatic heterocycles. The third-order valence-corrected chi connectivity index (χ3v) is 6.33. The largest absolute Gasteiger partial charge is 0.454 e. The number of carbonyl (C=O) groups is 1. The summed E-state index contributed by atoms with van der Waals surface area (Å²) in [4.78, 5) is 12.9. The zero-order valence-electron chi connectivity index (χ0n) is 16.9. The van der Waals surface area contributed by atoms with Gasteiger partial charge in [0, 0.05) is 5.69 Å². The molecule has 1 amide bonds. The number of rotatable bonds is 4. The normalized spacial score (nSPS) is 13.0. The van der Waals surface area contributed by atoms with Crippen LogP contribution in [0.2, 0.25) is 0 Å². The number of benzene rings is 3.